The number of ether oxygens (including phenoxy) is 1. The van der Waals surface area contributed by atoms with Gasteiger partial charge in [0.1, 0.15) is 6.04 Å². The molecule has 1 heterocycles. The minimum absolute atomic E-state index is 0.164. The highest BCUT2D eigenvalue weighted by atomic mass is 16.5. The van der Waals surface area contributed by atoms with E-state index in [1.54, 1.807) is 0 Å². The van der Waals surface area contributed by atoms with E-state index in [4.69, 9.17) is 0 Å². The van der Waals surface area contributed by atoms with Crippen LogP contribution in [0.2, 0.25) is 0 Å². The van der Waals surface area contributed by atoms with Crippen molar-refractivity contribution in [3.63, 3.8) is 0 Å². The van der Waals surface area contributed by atoms with Crippen LogP contribution in [0.4, 0.5) is 0 Å². The molecule has 1 rings (SSSR count). The van der Waals surface area contributed by atoms with E-state index in [2.05, 4.69) is 15.4 Å². The maximum atomic E-state index is 11.0. The second-order valence-electron chi connectivity index (χ2n) is 2.59. The smallest absolute Gasteiger partial charge is 0.324 e. The van der Waals surface area contributed by atoms with Crippen molar-refractivity contribution in [1.29, 1.82) is 0 Å². The van der Waals surface area contributed by atoms with Crippen LogP contribution in [-0.2, 0) is 9.53 Å². The topological polar surface area (TPSA) is 50.4 Å². The maximum absolute atomic E-state index is 11.0. The molecule has 2 N–H and O–H groups in total. The van der Waals surface area contributed by atoms with Gasteiger partial charge in [-0.05, 0) is 19.5 Å². The molecule has 0 spiro atoms. The number of methoxy groups -OCH3 is 1. The molecular weight excluding hydrogens is 144 g/mol. The lowest BCUT2D eigenvalue weighted by Crippen LogP contribution is -2.42. The number of carbonyl (C=O) groups is 1. The zero-order valence-electron chi connectivity index (χ0n) is 6.72. The Morgan fingerprint density at radius 2 is 2.36 bits per heavy atom. The summed E-state index contributed by atoms with van der Waals surface area (Å²) in [5.41, 5.74) is 0. The van der Waals surface area contributed by atoms with E-state index < -0.39 is 0 Å². The van der Waals surface area contributed by atoms with Gasteiger partial charge in [0, 0.05) is 6.54 Å². The summed E-state index contributed by atoms with van der Waals surface area (Å²) in [5.74, 6) is -0.181. The van der Waals surface area contributed by atoms with E-state index in [1.165, 1.54) is 7.11 Å². The third kappa shape index (κ3) is 2.48. The lowest BCUT2D eigenvalue weighted by Gasteiger charge is -2.11. The summed E-state index contributed by atoms with van der Waals surface area (Å²) in [6.07, 6.45) is 1.06. The normalized spacial score (nSPS) is 25.7. The third-order valence-corrected chi connectivity index (χ3v) is 1.76. The average molecular weight is 158 g/mol. The monoisotopic (exact) mass is 158 g/mol. The van der Waals surface area contributed by atoms with Crippen molar-refractivity contribution in [2.75, 3.05) is 26.7 Å². The number of rotatable bonds is 1. The lowest BCUT2D eigenvalue weighted by atomic mass is 10.3. The summed E-state index contributed by atoms with van der Waals surface area (Å²) >= 11 is 0. The molecule has 0 aromatic heterocycles. The Labute approximate surface area is 66.3 Å². The van der Waals surface area contributed by atoms with E-state index in [-0.39, 0.29) is 12.0 Å². The summed E-state index contributed by atoms with van der Waals surface area (Å²) in [6.45, 7) is 2.53. The van der Waals surface area contributed by atoms with Crippen molar-refractivity contribution < 1.29 is 9.53 Å². The molecule has 4 nitrogen and oxygen atoms in total. The average Bonchev–Trinajstić information content (AvgIpc) is 2.30. The fraction of sp³-hybridized carbons (Fsp3) is 0.857. The fourth-order valence-electron chi connectivity index (χ4n) is 1.12. The largest absolute Gasteiger partial charge is 0.468 e. The third-order valence-electron chi connectivity index (χ3n) is 1.76. The van der Waals surface area contributed by atoms with Gasteiger partial charge in [0.05, 0.1) is 7.11 Å². The van der Waals surface area contributed by atoms with Crippen LogP contribution < -0.4 is 10.6 Å². The molecule has 0 aliphatic carbocycles. The quantitative estimate of drug-likeness (QED) is 0.486. The van der Waals surface area contributed by atoms with Crippen LogP contribution in [0, 0.1) is 0 Å². The second-order valence-corrected chi connectivity index (χ2v) is 2.59. The molecule has 0 saturated carbocycles. The van der Waals surface area contributed by atoms with Crippen LogP contribution in [0.3, 0.4) is 0 Å². The van der Waals surface area contributed by atoms with E-state index in [9.17, 15) is 4.79 Å². The predicted octanol–water partition coefficient (Wildman–Crippen LogP) is -0.889. The standard InChI is InChI=1S/C7H14N2O2/c1-11-7(10)6-5-8-3-2-4-9-6/h6,8-9H,2-5H2,1H3. The zero-order chi connectivity index (χ0) is 8.10. The van der Waals surface area contributed by atoms with Crippen molar-refractivity contribution in [1.82, 2.24) is 10.6 Å². The molecule has 1 saturated heterocycles. The van der Waals surface area contributed by atoms with E-state index >= 15 is 0 Å². The number of esters is 1. The Morgan fingerprint density at radius 3 is 3.09 bits per heavy atom. The van der Waals surface area contributed by atoms with Crippen molar-refractivity contribution in [3.8, 4) is 0 Å². The Hall–Kier alpha value is -0.610. The van der Waals surface area contributed by atoms with E-state index in [0.717, 1.165) is 19.5 Å². The molecule has 0 aromatic rings. The van der Waals surface area contributed by atoms with Gasteiger partial charge in [-0.1, -0.05) is 0 Å². The first-order chi connectivity index (χ1) is 5.34. The van der Waals surface area contributed by atoms with Gasteiger partial charge in [0.15, 0.2) is 0 Å². The molecule has 0 radical (unpaired) electrons. The van der Waals surface area contributed by atoms with Gasteiger partial charge in [-0.25, -0.2) is 0 Å². The van der Waals surface area contributed by atoms with E-state index in [1.807, 2.05) is 0 Å². The van der Waals surface area contributed by atoms with Gasteiger partial charge in [-0.2, -0.15) is 0 Å². The zero-order valence-corrected chi connectivity index (χ0v) is 6.72. The van der Waals surface area contributed by atoms with Crippen LogP contribution >= 0.6 is 0 Å². The molecule has 1 fully saturated rings. The first-order valence-corrected chi connectivity index (χ1v) is 3.86. The van der Waals surface area contributed by atoms with Gasteiger partial charge in [0.25, 0.3) is 0 Å². The molecule has 64 valence electrons. The molecule has 1 atom stereocenters. The lowest BCUT2D eigenvalue weighted by molar-refractivity contribution is -0.142. The Kier molecular flexibility index (Phi) is 3.32. The SMILES string of the molecule is COC(=O)C1CNCCCN1. The second kappa shape index (κ2) is 4.31. The first-order valence-electron chi connectivity index (χ1n) is 3.86. The molecule has 1 aliphatic heterocycles. The van der Waals surface area contributed by atoms with Gasteiger partial charge >= 0.3 is 5.97 Å². The highest BCUT2D eigenvalue weighted by Crippen LogP contribution is 1.91. The number of carbonyl (C=O) groups excluding carboxylic acids is 1. The molecule has 11 heavy (non-hydrogen) atoms. The Morgan fingerprint density at radius 1 is 1.55 bits per heavy atom. The summed E-state index contributed by atoms with van der Waals surface area (Å²) in [7, 11) is 1.41. The molecular formula is C7H14N2O2. The molecule has 0 bridgehead atoms. The van der Waals surface area contributed by atoms with Crippen LogP contribution in [0.25, 0.3) is 0 Å². The predicted molar refractivity (Wildman–Crippen MR) is 41.3 cm³/mol. The van der Waals surface area contributed by atoms with Crippen molar-refractivity contribution in [2.24, 2.45) is 0 Å². The fourth-order valence-corrected chi connectivity index (χ4v) is 1.12. The Bertz CT molecular complexity index is 130. The van der Waals surface area contributed by atoms with Crippen LogP contribution in [0.1, 0.15) is 6.42 Å². The van der Waals surface area contributed by atoms with Gasteiger partial charge < -0.3 is 15.4 Å². The van der Waals surface area contributed by atoms with Crippen LogP contribution in [0.5, 0.6) is 0 Å². The summed E-state index contributed by atoms with van der Waals surface area (Å²) in [4.78, 5) is 11.0. The molecule has 1 unspecified atom stereocenters. The van der Waals surface area contributed by atoms with Gasteiger partial charge in [-0.3, -0.25) is 4.79 Å². The highest BCUT2D eigenvalue weighted by Gasteiger charge is 2.18. The van der Waals surface area contributed by atoms with Gasteiger partial charge in [-0.15, -0.1) is 0 Å². The number of nitrogens with one attached hydrogen (secondary N) is 2. The van der Waals surface area contributed by atoms with Crippen LogP contribution in [-0.4, -0.2) is 38.8 Å². The molecule has 0 amide bonds. The summed E-state index contributed by atoms with van der Waals surface area (Å²) in [6, 6.07) is -0.164. The van der Waals surface area contributed by atoms with Crippen molar-refractivity contribution in [3.05, 3.63) is 0 Å². The van der Waals surface area contributed by atoms with Crippen molar-refractivity contribution >= 4 is 5.97 Å². The van der Waals surface area contributed by atoms with E-state index in [0.29, 0.717) is 6.54 Å². The Balaban J connectivity index is 2.36. The van der Waals surface area contributed by atoms with Crippen molar-refractivity contribution in [2.45, 2.75) is 12.5 Å². The molecule has 1 aliphatic rings. The molecule has 4 heteroatoms. The highest BCUT2D eigenvalue weighted by molar-refractivity contribution is 5.75. The minimum Gasteiger partial charge on any atom is -0.468 e. The summed E-state index contributed by atoms with van der Waals surface area (Å²) in [5, 5.41) is 6.24. The maximum Gasteiger partial charge on any atom is 0.324 e. The number of hydrogen-bond donors (Lipinski definition) is 2. The first kappa shape index (κ1) is 8.49. The summed E-state index contributed by atoms with van der Waals surface area (Å²) < 4.78 is 4.60. The number of hydrogen-bond acceptors (Lipinski definition) is 4. The minimum atomic E-state index is -0.181. The molecule has 0 aromatic carbocycles. The van der Waals surface area contributed by atoms with Crippen LogP contribution in [0.15, 0.2) is 0 Å². The van der Waals surface area contributed by atoms with Gasteiger partial charge in [0.2, 0.25) is 0 Å².